The van der Waals surface area contributed by atoms with E-state index in [1.165, 1.54) is 7.11 Å². The van der Waals surface area contributed by atoms with Crippen LogP contribution in [0, 0.1) is 11.3 Å². The second-order valence-corrected chi connectivity index (χ2v) is 3.59. The van der Waals surface area contributed by atoms with Crippen LogP contribution in [0.25, 0.3) is 0 Å². The third-order valence-electron chi connectivity index (χ3n) is 2.63. The lowest BCUT2D eigenvalue weighted by Gasteiger charge is -2.09. The highest BCUT2D eigenvalue weighted by Gasteiger charge is 2.48. The fourth-order valence-corrected chi connectivity index (χ4v) is 1.59. The molecule has 1 aromatic rings. The van der Waals surface area contributed by atoms with Crippen molar-refractivity contribution in [1.29, 1.82) is 5.26 Å². The summed E-state index contributed by atoms with van der Waals surface area (Å²) >= 11 is 0. The van der Waals surface area contributed by atoms with Crippen molar-refractivity contribution in [3.05, 3.63) is 29.6 Å². The first-order chi connectivity index (χ1) is 7.23. The number of hydrogen-bond donors (Lipinski definition) is 0. The number of carbonyl (C=O) groups excluding carboxylic acids is 1. The lowest BCUT2D eigenvalue weighted by atomic mass is 9.99. The summed E-state index contributed by atoms with van der Waals surface area (Å²) in [5.41, 5.74) is 0.406. The number of aromatic nitrogens is 1. The van der Waals surface area contributed by atoms with Crippen molar-refractivity contribution in [2.24, 2.45) is 0 Å². The number of methoxy groups -OCH3 is 1. The van der Waals surface area contributed by atoms with E-state index in [2.05, 4.69) is 15.8 Å². The molecule has 76 valence electrons. The molecule has 0 spiro atoms. The molecule has 0 aromatic carbocycles. The molecule has 4 nitrogen and oxygen atoms in total. The average molecular weight is 202 g/mol. The van der Waals surface area contributed by atoms with E-state index < -0.39 is 11.4 Å². The maximum Gasteiger partial charge on any atom is 0.339 e. The number of carbonyl (C=O) groups is 1. The summed E-state index contributed by atoms with van der Waals surface area (Å²) in [4.78, 5) is 15.6. The Morgan fingerprint density at radius 2 is 2.40 bits per heavy atom. The van der Waals surface area contributed by atoms with E-state index in [9.17, 15) is 4.79 Å². The van der Waals surface area contributed by atoms with Crippen molar-refractivity contribution in [3.63, 3.8) is 0 Å². The standard InChI is InChI=1S/C11H10N2O2/c1-15-10(14)8-3-2-6-13-9(8)11(7-12)4-5-11/h2-3,6H,4-5H2,1H3. The highest BCUT2D eigenvalue weighted by atomic mass is 16.5. The SMILES string of the molecule is COC(=O)c1cccnc1C1(C#N)CC1. The van der Waals surface area contributed by atoms with Gasteiger partial charge in [0, 0.05) is 6.20 Å². The van der Waals surface area contributed by atoms with Gasteiger partial charge in [-0.05, 0) is 25.0 Å². The first-order valence-electron chi connectivity index (χ1n) is 4.68. The number of nitrogens with zero attached hydrogens (tertiary/aromatic N) is 2. The molecule has 0 atom stereocenters. The lowest BCUT2D eigenvalue weighted by Crippen LogP contribution is -2.14. The van der Waals surface area contributed by atoms with Crippen molar-refractivity contribution in [2.75, 3.05) is 7.11 Å². The molecule has 0 aliphatic heterocycles. The van der Waals surface area contributed by atoms with E-state index in [0.717, 1.165) is 12.8 Å². The maximum atomic E-state index is 11.5. The highest BCUT2D eigenvalue weighted by molar-refractivity contribution is 5.91. The Balaban J connectivity index is 2.49. The second-order valence-electron chi connectivity index (χ2n) is 3.59. The van der Waals surface area contributed by atoms with Gasteiger partial charge in [0.25, 0.3) is 0 Å². The van der Waals surface area contributed by atoms with Gasteiger partial charge in [-0.1, -0.05) is 0 Å². The van der Waals surface area contributed by atoms with Crippen LogP contribution in [-0.4, -0.2) is 18.1 Å². The number of nitriles is 1. The normalized spacial score (nSPS) is 16.5. The van der Waals surface area contributed by atoms with Gasteiger partial charge in [0.1, 0.15) is 5.41 Å². The van der Waals surface area contributed by atoms with E-state index in [0.29, 0.717) is 11.3 Å². The molecule has 1 heterocycles. The lowest BCUT2D eigenvalue weighted by molar-refractivity contribution is 0.0598. The van der Waals surface area contributed by atoms with Crippen LogP contribution in [0.3, 0.4) is 0 Å². The van der Waals surface area contributed by atoms with Gasteiger partial charge >= 0.3 is 5.97 Å². The van der Waals surface area contributed by atoms with Gasteiger partial charge in [-0.3, -0.25) is 4.98 Å². The summed E-state index contributed by atoms with van der Waals surface area (Å²) in [6.45, 7) is 0. The third-order valence-corrected chi connectivity index (χ3v) is 2.63. The van der Waals surface area contributed by atoms with Gasteiger partial charge in [-0.15, -0.1) is 0 Å². The minimum Gasteiger partial charge on any atom is -0.465 e. The van der Waals surface area contributed by atoms with E-state index in [4.69, 9.17) is 5.26 Å². The quantitative estimate of drug-likeness (QED) is 0.680. The molecular formula is C11H10N2O2. The van der Waals surface area contributed by atoms with E-state index in [-0.39, 0.29) is 0 Å². The zero-order valence-electron chi connectivity index (χ0n) is 8.36. The molecule has 0 bridgehead atoms. The zero-order chi connectivity index (χ0) is 10.9. The molecule has 0 unspecified atom stereocenters. The molecule has 1 aromatic heterocycles. The van der Waals surface area contributed by atoms with Crippen LogP contribution in [-0.2, 0) is 10.2 Å². The van der Waals surface area contributed by atoms with E-state index in [1.54, 1.807) is 18.3 Å². The molecule has 1 aliphatic rings. The maximum absolute atomic E-state index is 11.5. The van der Waals surface area contributed by atoms with Gasteiger partial charge in [-0.2, -0.15) is 5.26 Å². The Kier molecular flexibility index (Phi) is 2.16. The van der Waals surface area contributed by atoms with E-state index >= 15 is 0 Å². The van der Waals surface area contributed by atoms with Crippen LogP contribution in [0.15, 0.2) is 18.3 Å². The molecule has 2 rings (SSSR count). The highest BCUT2D eigenvalue weighted by Crippen LogP contribution is 2.47. The number of pyridine rings is 1. The minimum absolute atomic E-state index is 0.402. The van der Waals surface area contributed by atoms with Crippen molar-refractivity contribution in [1.82, 2.24) is 4.98 Å². The summed E-state index contributed by atoms with van der Waals surface area (Å²) < 4.78 is 4.66. The summed E-state index contributed by atoms with van der Waals surface area (Å²) in [5.74, 6) is -0.431. The Morgan fingerprint density at radius 1 is 1.67 bits per heavy atom. The van der Waals surface area contributed by atoms with Gasteiger partial charge in [0.05, 0.1) is 24.4 Å². The molecule has 0 N–H and O–H groups in total. The van der Waals surface area contributed by atoms with Crippen molar-refractivity contribution >= 4 is 5.97 Å². The Labute approximate surface area is 87.5 Å². The number of ether oxygens (including phenoxy) is 1. The first-order valence-corrected chi connectivity index (χ1v) is 4.68. The molecule has 4 heteroatoms. The smallest absolute Gasteiger partial charge is 0.339 e. The van der Waals surface area contributed by atoms with Crippen molar-refractivity contribution in [2.45, 2.75) is 18.3 Å². The average Bonchev–Trinajstić information content (AvgIpc) is 3.09. The van der Waals surface area contributed by atoms with E-state index in [1.807, 2.05) is 0 Å². The molecular weight excluding hydrogens is 192 g/mol. The Bertz CT molecular complexity index is 444. The summed E-state index contributed by atoms with van der Waals surface area (Å²) in [6.07, 6.45) is 3.13. The monoisotopic (exact) mass is 202 g/mol. The van der Waals surface area contributed by atoms with Crippen molar-refractivity contribution in [3.8, 4) is 6.07 Å². The Hall–Kier alpha value is -1.89. The number of rotatable bonds is 2. The van der Waals surface area contributed by atoms with Crippen LogP contribution in [0.1, 0.15) is 28.9 Å². The third kappa shape index (κ3) is 1.46. The predicted molar refractivity (Wildman–Crippen MR) is 52.1 cm³/mol. The summed E-state index contributed by atoms with van der Waals surface area (Å²) in [5, 5.41) is 9.05. The minimum atomic E-state index is -0.551. The molecule has 15 heavy (non-hydrogen) atoms. The van der Waals surface area contributed by atoms with Gasteiger partial charge in [0.2, 0.25) is 0 Å². The second kappa shape index (κ2) is 3.35. The van der Waals surface area contributed by atoms with Crippen LogP contribution >= 0.6 is 0 Å². The number of esters is 1. The van der Waals surface area contributed by atoms with Crippen LogP contribution < -0.4 is 0 Å². The molecule has 1 saturated carbocycles. The fraction of sp³-hybridized carbons (Fsp3) is 0.364. The van der Waals surface area contributed by atoms with Crippen LogP contribution in [0.2, 0.25) is 0 Å². The molecule has 0 amide bonds. The predicted octanol–water partition coefficient (Wildman–Crippen LogP) is 1.42. The zero-order valence-corrected chi connectivity index (χ0v) is 8.36. The largest absolute Gasteiger partial charge is 0.465 e. The topological polar surface area (TPSA) is 63.0 Å². The molecule has 1 aliphatic carbocycles. The fourth-order valence-electron chi connectivity index (χ4n) is 1.59. The van der Waals surface area contributed by atoms with Gasteiger partial charge in [0.15, 0.2) is 0 Å². The van der Waals surface area contributed by atoms with Crippen LogP contribution in [0.5, 0.6) is 0 Å². The summed E-state index contributed by atoms with van der Waals surface area (Å²) in [7, 11) is 1.32. The van der Waals surface area contributed by atoms with Crippen LogP contribution in [0.4, 0.5) is 0 Å². The number of hydrogen-bond acceptors (Lipinski definition) is 4. The molecule has 0 saturated heterocycles. The van der Waals surface area contributed by atoms with Gasteiger partial charge < -0.3 is 4.74 Å². The Morgan fingerprint density at radius 3 is 2.93 bits per heavy atom. The molecule has 0 radical (unpaired) electrons. The van der Waals surface area contributed by atoms with Crippen molar-refractivity contribution < 1.29 is 9.53 Å². The molecule has 1 fully saturated rings. The first kappa shape index (κ1) is 9.66. The van der Waals surface area contributed by atoms with Gasteiger partial charge in [-0.25, -0.2) is 4.79 Å². The summed E-state index contributed by atoms with van der Waals surface area (Å²) in [6, 6.07) is 5.53.